The van der Waals surface area contributed by atoms with E-state index in [4.69, 9.17) is 5.73 Å². The maximum atomic E-state index is 12.3. The molecule has 1 aromatic heterocycles. The maximum Gasteiger partial charge on any atom is 0.262 e. The molecule has 1 aliphatic rings. The summed E-state index contributed by atoms with van der Waals surface area (Å²) in [5.41, 5.74) is 5.89. The van der Waals surface area contributed by atoms with E-state index in [9.17, 15) is 8.42 Å². The number of sulfonamides is 1. The lowest BCUT2D eigenvalue weighted by molar-refractivity contribution is 0.249. The number of rotatable bonds is 2. The number of piperidine rings is 1. The zero-order valence-electron chi connectivity index (χ0n) is 10.1. The largest absolute Gasteiger partial charge is 0.339 e. The van der Waals surface area contributed by atoms with E-state index in [2.05, 4.69) is 4.98 Å². The highest BCUT2D eigenvalue weighted by Crippen LogP contribution is 2.21. The van der Waals surface area contributed by atoms with Gasteiger partial charge < -0.3 is 10.3 Å². The van der Waals surface area contributed by atoms with Gasteiger partial charge in [0.05, 0.1) is 6.33 Å². The first-order chi connectivity index (χ1) is 7.91. The Hall–Kier alpha value is -0.920. The Kier molecular flexibility index (Phi) is 3.24. The van der Waals surface area contributed by atoms with E-state index in [0.29, 0.717) is 19.5 Å². The molecule has 1 aliphatic heterocycles. The second-order valence-electron chi connectivity index (χ2n) is 4.67. The quantitative estimate of drug-likeness (QED) is 0.795. The standard InChI is InChI=1S/C10H18N4O2S/c1-8-5-14(4-3-9(8)11)17(15,16)10-6-13(2)7-12-10/h6-9H,3-5,11H2,1-2H3. The van der Waals surface area contributed by atoms with Crippen LogP contribution in [0.1, 0.15) is 13.3 Å². The minimum Gasteiger partial charge on any atom is -0.339 e. The molecule has 6 nitrogen and oxygen atoms in total. The fourth-order valence-corrected chi connectivity index (χ4v) is 3.52. The average molecular weight is 258 g/mol. The Morgan fingerprint density at radius 2 is 2.24 bits per heavy atom. The summed E-state index contributed by atoms with van der Waals surface area (Å²) in [5.74, 6) is 0.183. The van der Waals surface area contributed by atoms with E-state index in [1.165, 1.54) is 16.8 Å². The third-order valence-electron chi connectivity index (χ3n) is 3.22. The first-order valence-electron chi connectivity index (χ1n) is 5.65. The van der Waals surface area contributed by atoms with Crippen molar-refractivity contribution in [3.8, 4) is 0 Å². The van der Waals surface area contributed by atoms with Crippen molar-refractivity contribution in [2.24, 2.45) is 18.7 Å². The van der Waals surface area contributed by atoms with Gasteiger partial charge in [-0.1, -0.05) is 6.92 Å². The number of nitrogens with zero attached hydrogens (tertiary/aromatic N) is 3. The summed E-state index contributed by atoms with van der Waals surface area (Å²) in [6.07, 6.45) is 3.72. The topological polar surface area (TPSA) is 81.2 Å². The van der Waals surface area contributed by atoms with Crippen LogP contribution in [0.3, 0.4) is 0 Å². The van der Waals surface area contributed by atoms with Crippen molar-refractivity contribution in [1.82, 2.24) is 13.9 Å². The Bertz CT molecular complexity index is 496. The molecule has 0 aliphatic carbocycles. The zero-order valence-corrected chi connectivity index (χ0v) is 10.9. The fraction of sp³-hybridized carbons (Fsp3) is 0.700. The summed E-state index contributed by atoms with van der Waals surface area (Å²) >= 11 is 0. The van der Waals surface area contributed by atoms with Crippen molar-refractivity contribution >= 4 is 10.0 Å². The third kappa shape index (κ3) is 2.36. The summed E-state index contributed by atoms with van der Waals surface area (Å²) in [6.45, 7) is 2.93. The van der Waals surface area contributed by atoms with Crippen LogP contribution in [0.25, 0.3) is 0 Å². The lowest BCUT2D eigenvalue weighted by Crippen LogP contribution is -2.48. The Balaban J connectivity index is 2.22. The van der Waals surface area contributed by atoms with E-state index >= 15 is 0 Å². The molecule has 0 radical (unpaired) electrons. The number of hydrogen-bond acceptors (Lipinski definition) is 4. The van der Waals surface area contributed by atoms with Crippen molar-refractivity contribution in [3.63, 3.8) is 0 Å². The van der Waals surface area contributed by atoms with Crippen molar-refractivity contribution in [1.29, 1.82) is 0 Å². The highest BCUT2D eigenvalue weighted by molar-refractivity contribution is 7.89. The van der Waals surface area contributed by atoms with E-state index in [1.807, 2.05) is 6.92 Å². The smallest absolute Gasteiger partial charge is 0.262 e. The second-order valence-corrected chi connectivity index (χ2v) is 6.56. The molecule has 7 heteroatoms. The molecular weight excluding hydrogens is 240 g/mol. The zero-order chi connectivity index (χ0) is 12.6. The number of hydrogen-bond donors (Lipinski definition) is 1. The molecule has 2 rings (SSSR count). The van der Waals surface area contributed by atoms with E-state index in [0.717, 1.165) is 0 Å². The van der Waals surface area contributed by atoms with Gasteiger partial charge in [-0.05, 0) is 12.3 Å². The number of imidazole rings is 1. The predicted molar refractivity (Wildman–Crippen MR) is 63.7 cm³/mol. The normalized spacial score (nSPS) is 27.2. The fourth-order valence-electron chi connectivity index (χ4n) is 2.00. The van der Waals surface area contributed by atoms with Crippen LogP contribution in [-0.2, 0) is 17.1 Å². The minimum absolute atomic E-state index is 0.0881. The summed E-state index contributed by atoms with van der Waals surface area (Å²) in [6, 6.07) is 0.0881. The van der Waals surface area contributed by atoms with Crippen molar-refractivity contribution in [3.05, 3.63) is 12.5 Å². The molecule has 96 valence electrons. The van der Waals surface area contributed by atoms with Crippen molar-refractivity contribution < 1.29 is 8.42 Å². The van der Waals surface area contributed by atoms with Crippen molar-refractivity contribution in [2.45, 2.75) is 24.4 Å². The van der Waals surface area contributed by atoms with Gasteiger partial charge in [-0.25, -0.2) is 13.4 Å². The molecule has 1 fully saturated rings. The van der Waals surface area contributed by atoms with Gasteiger partial charge in [0.2, 0.25) is 0 Å². The van der Waals surface area contributed by atoms with Crippen molar-refractivity contribution in [2.75, 3.05) is 13.1 Å². The maximum absolute atomic E-state index is 12.3. The van der Waals surface area contributed by atoms with E-state index in [-0.39, 0.29) is 17.0 Å². The van der Waals surface area contributed by atoms with Gasteiger partial charge >= 0.3 is 0 Å². The monoisotopic (exact) mass is 258 g/mol. The Morgan fingerprint density at radius 3 is 2.76 bits per heavy atom. The van der Waals surface area contributed by atoms with E-state index < -0.39 is 10.0 Å². The molecule has 2 N–H and O–H groups in total. The van der Waals surface area contributed by atoms with Crippen LogP contribution in [0.2, 0.25) is 0 Å². The van der Waals surface area contributed by atoms with Gasteiger partial charge in [0.15, 0.2) is 5.03 Å². The lowest BCUT2D eigenvalue weighted by Gasteiger charge is -2.33. The van der Waals surface area contributed by atoms with Gasteiger partial charge in [0, 0.05) is 32.4 Å². The number of nitrogens with two attached hydrogens (primary N) is 1. The molecule has 2 atom stereocenters. The van der Waals surface area contributed by atoms with Crippen LogP contribution in [0.4, 0.5) is 0 Å². The second kappa shape index (κ2) is 4.40. The van der Waals surface area contributed by atoms with Gasteiger partial charge in [-0.15, -0.1) is 0 Å². The van der Waals surface area contributed by atoms with Crippen LogP contribution < -0.4 is 5.73 Å². The SMILES string of the molecule is CC1CN(S(=O)(=O)c2cn(C)cn2)CCC1N. The highest BCUT2D eigenvalue weighted by atomic mass is 32.2. The molecule has 1 saturated heterocycles. The molecular formula is C10H18N4O2S. The van der Waals surface area contributed by atoms with Crippen LogP contribution in [0, 0.1) is 5.92 Å². The van der Waals surface area contributed by atoms with Crippen LogP contribution in [0.15, 0.2) is 17.6 Å². The van der Waals surface area contributed by atoms with Crippen LogP contribution in [0.5, 0.6) is 0 Å². The molecule has 17 heavy (non-hydrogen) atoms. The molecule has 0 spiro atoms. The third-order valence-corrected chi connectivity index (χ3v) is 4.97. The summed E-state index contributed by atoms with van der Waals surface area (Å²) < 4.78 is 27.6. The Labute approximate surface area is 101 Å². The summed E-state index contributed by atoms with van der Waals surface area (Å²) in [4.78, 5) is 3.91. The lowest BCUT2D eigenvalue weighted by atomic mass is 9.96. The molecule has 0 bridgehead atoms. The number of aromatic nitrogens is 2. The molecule has 2 heterocycles. The molecule has 0 saturated carbocycles. The number of aryl methyl sites for hydroxylation is 1. The molecule has 1 aromatic rings. The summed E-state index contributed by atoms with van der Waals surface area (Å²) in [7, 11) is -1.70. The average Bonchev–Trinajstić information content (AvgIpc) is 2.69. The predicted octanol–water partition coefficient (Wildman–Crippen LogP) is -0.222. The van der Waals surface area contributed by atoms with Gasteiger partial charge in [0.25, 0.3) is 10.0 Å². The molecule has 0 amide bonds. The summed E-state index contributed by atoms with van der Waals surface area (Å²) in [5, 5.41) is 0.114. The Morgan fingerprint density at radius 1 is 1.53 bits per heavy atom. The van der Waals surface area contributed by atoms with Crippen LogP contribution in [-0.4, -0.2) is 41.4 Å². The highest BCUT2D eigenvalue weighted by Gasteiger charge is 2.33. The van der Waals surface area contributed by atoms with E-state index in [1.54, 1.807) is 11.6 Å². The van der Waals surface area contributed by atoms with Crippen LogP contribution >= 0.6 is 0 Å². The molecule has 0 aromatic carbocycles. The van der Waals surface area contributed by atoms with Gasteiger partial charge in [-0.2, -0.15) is 4.31 Å². The van der Waals surface area contributed by atoms with Gasteiger partial charge in [-0.3, -0.25) is 0 Å². The van der Waals surface area contributed by atoms with Gasteiger partial charge in [0.1, 0.15) is 0 Å². The molecule has 2 unspecified atom stereocenters. The first kappa shape index (κ1) is 12.5. The first-order valence-corrected chi connectivity index (χ1v) is 7.09. The minimum atomic E-state index is -3.45.